The topological polar surface area (TPSA) is 81.5 Å². The Balaban J connectivity index is 2.35. The molecule has 0 spiro atoms. The highest BCUT2D eigenvalue weighted by Gasteiger charge is 2.07. The molecule has 6 heteroatoms. The summed E-state index contributed by atoms with van der Waals surface area (Å²) in [6.07, 6.45) is 0.612. The van der Waals surface area contributed by atoms with Gasteiger partial charge >= 0.3 is 0 Å². The van der Waals surface area contributed by atoms with Gasteiger partial charge in [-0.15, -0.1) is 0 Å². The van der Waals surface area contributed by atoms with Crippen LogP contribution in [0.2, 0.25) is 0 Å². The fraction of sp³-hybridized carbons (Fsp3) is 0.364. The average Bonchev–Trinajstić information content (AvgIpc) is 2.28. The van der Waals surface area contributed by atoms with Crippen LogP contribution in [0.15, 0.2) is 24.3 Å². The van der Waals surface area contributed by atoms with Gasteiger partial charge in [-0.05, 0) is 24.1 Å². The molecule has 0 bridgehead atoms. The van der Waals surface area contributed by atoms with Crippen molar-refractivity contribution < 1.29 is 14.5 Å². The highest BCUT2D eigenvalue weighted by Crippen LogP contribution is 2.12. The van der Waals surface area contributed by atoms with E-state index in [1.165, 1.54) is 0 Å². The average molecular weight is 238 g/mol. The van der Waals surface area contributed by atoms with Gasteiger partial charge in [-0.25, -0.2) is 0 Å². The van der Waals surface area contributed by atoms with Crippen molar-refractivity contribution in [3.05, 3.63) is 39.9 Å². The predicted molar refractivity (Wildman–Crippen MR) is 61.6 cm³/mol. The van der Waals surface area contributed by atoms with E-state index in [1.807, 2.05) is 24.3 Å². The summed E-state index contributed by atoms with van der Waals surface area (Å²) in [7, 11) is 1.58. The van der Waals surface area contributed by atoms with Crippen LogP contribution < -0.4 is 10.1 Å². The lowest BCUT2D eigenvalue weighted by atomic mass is 10.1. The minimum atomic E-state index is -0.682. The minimum Gasteiger partial charge on any atom is -0.497 e. The Kier molecular flexibility index (Phi) is 4.93. The summed E-state index contributed by atoms with van der Waals surface area (Å²) in [6.45, 7) is -0.308. The van der Waals surface area contributed by atoms with Gasteiger partial charge in [0, 0.05) is 11.5 Å². The Morgan fingerprint density at radius 2 is 2.29 bits per heavy atom. The first-order valence-electron chi connectivity index (χ1n) is 5.13. The third-order valence-electron chi connectivity index (χ3n) is 2.14. The minimum absolute atomic E-state index is 0.375. The normalized spacial score (nSPS) is 9.71. The van der Waals surface area contributed by atoms with Gasteiger partial charge in [0.15, 0.2) is 0 Å². The molecule has 0 aliphatic heterocycles. The zero-order chi connectivity index (χ0) is 12.7. The number of nitrogens with zero attached hydrogens (tertiary/aromatic N) is 1. The number of ether oxygens (including phenoxy) is 1. The first-order valence-corrected chi connectivity index (χ1v) is 5.13. The number of nitro groups is 1. The third-order valence-corrected chi connectivity index (χ3v) is 2.14. The summed E-state index contributed by atoms with van der Waals surface area (Å²) in [5, 5.41) is 12.5. The Bertz CT molecular complexity index is 406. The molecule has 0 aromatic heterocycles. The number of nitrogens with one attached hydrogen (secondary N) is 1. The van der Waals surface area contributed by atoms with Crippen molar-refractivity contribution in [3.8, 4) is 5.75 Å². The highest BCUT2D eigenvalue weighted by molar-refractivity contribution is 5.76. The molecule has 0 atom stereocenters. The smallest absolute Gasteiger partial charge is 0.291 e. The van der Waals surface area contributed by atoms with E-state index in [0.717, 1.165) is 11.3 Å². The molecule has 1 aromatic carbocycles. The van der Waals surface area contributed by atoms with Crippen molar-refractivity contribution in [3.63, 3.8) is 0 Å². The molecule has 0 aliphatic carbocycles. The summed E-state index contributed by atoms with van der Waals surface area (Å²) >= 11 is 0. The first-order chi connectivity index (χ1) is 8.11. The molecule has 0 saturated heterocycles. The SMILES string of the molecule is COc1cccc(CCNC(=O)C[N+](=O)[O-])c1. The van der Waals surface area contributed by atoms with Crippen molar-refractivity contribution in [2.45, 2.75) is 6.42 Å². The molecule has 0 heterocycles. The van der Waals surface area contributed by atoms with Gasteiger partial charge < -0.3 is 10.1 Å². The van der Waals surface area contributed by atoms with Crippen LogP contribution in [-0.4, -0.2) is 31.0 Å². The number of amides is 1. The van der Waals surface area contributed by atoms with Gasteiger partial charge in [0.25, 0.3) is 12.5 Å². The maximum absolute atomic E-state index is 11.0. The monoisotopic (exact) mass is 238 g/mol. The fourth-order valence-corrected chi connectivity index (χ4v) is 1.35. The van der Waals surface area contributed by atoms with Gasteiger partial charge in [-0.1, -0.05) is 12.1 Å². The number of benzene rings is 1. The Hall–Kier alpha value is -2.11. The summed E-state index contributed by atoms with van der Waals surface area (Å²) < 4.78 is 5.06. The molecular formula is C11H14N2O4. The molecule has 1 N–H and O–H groups in total. The van der Waals surface area contributed by atoms with Crippen LogP contribution in [0.5, 0.6) is 5.75 Å². The van der Waals surface area contributed by atoms with Crippen LogP contribution in [-0.2, 0) is 11.2 Å². The number of rotatable bonds is 6. The maximum atomic E-state index is 11.0. The summed E-state index contributed by atoms with van der Waals surface area (Å²) in [5.41, 5.74) is 1.01. The second-order valence-corrected chi connectivity index (χ2v) is 3.44. The van der Waals surface area contributed by atoms with Gasteiger partial charge in [0.05, 0.1) is 7.11 Å². The largest absolute Gasteiger partial charge is 0.497 e. The van der Waals surface area contributed by atoms with E-state index >= 15 is 0 Å². The number of methoxy groups -OCH3 is 1. The molecule has 6 nitrogen and oxygen atoms in total. The molecular weight excluding hydrogens is 224 g/mol. The lowest BCUT2D eigenvalue weighted by Crippen LogP contribution is -2.31. The van der Waals surface area contributed by atoms with Crippen molar-refractivity contribution in [2.75, 3.05) is 20.2 Å². The van der Waals surface area contributed by atoms with Gasteiger partial charge in [-0.3, -0.25) is 14.9 Å². The van der Waals surface area contributed by atoms with Crippen LogP contribution in [0.25, 0.3) is 0 Å². The van der Waals surface area contributed by atoms with Crippen LogP contribution in [0.3, 0.4) is 0 Å². The molecule has 0 saturated carbocycles. The molecule has 17 heavy (non-hydrogen) atoms. The van der Waals surface area contributed by atoms with E-state index in [0.29, 0.717) is 13.0 Å². The standard InChI is InChI=1S/C11H14N2O4/c1-17-10-4-2-3-9(7-10)5-6-12-11(14)8-13(15)16/h2-4,7H,5-6,8H2,1H3,(H,12,14). The van der Waals surface area contributed by atoms with Crippen LogP contribution in [0.4, 0.5) is 0 Å². The number of hydrogen-bond acceptors (Lipinski definition) is 4. The van der Waals surface area contributed by atoms with Gasteiger partial charge in [0.2, 0.25) is 0 Å². The van der Waals surface area contributed by atoms with Crippen LogP contribution in [0.1, 0.15) is 5.56 Å². The Morgan fingerprint density at radius 1 is 1.53 bits per heavy atom. The quantitative estimate of drug-likeness (QED) is 0.582. The number of carbonyl (C=O) groups excluding carboxylic acids is 1. The molecule has 1 rings (SSSR count). The molecule has 0 unspecified atom stereocenters. The van der Waals surface area contributed by atoms with E-state index < -0.39 is 17.4 Å². The van der Waals surface area contributed by atoms with E-state index in [1.54, 1.807) is 7.11 Å². The zero-order valence-corrected chi connectivity index (χ0v) is 9.51. The summed E-state index contributed by atoms with van der Waals surface area (Å²) in [6, 6.07) is 7.45. The lowest BCUT2D eigenvalue weighted by molar-refractivity contribution is -0.467. The van der Waals surface area contributed by atoms with Crippen LogP contribution >= 0.6 is 0 Å². The van der Waals surface area contributed by atoms with Gasteiger partial charge in [0.1, 0.15) is 5.75 Å². The van der Waals surface area contributed by atoms with Crippen molar-refractivity contribution in [1.82, 2.24) is 5.32 Å². The lowest BCUT2D eigenvalue weighted by Gasteiger charge is -2.05. The molecule has 1 aromatic rings. The predicted octanol–water partition coefficient (Wildman–Crippen LogP) is 0.631. The van der Waals surface area contributed by atoms with E-state index in [4.69, 9.17) is 4.74 Å². The maximum Gasteiger partial charge on any atom is 0.291 e. The Labute approximate surface area is 98.7 Å². The number of carbonyl (C=O) groups is 1. The molecule has 0 fully saturated rings. The Morgan fingerprint density at radius 3 is 2.94 bits per heavy atom. The highest BCUT2D eigenvalue weighted by atomic mass is 16.6. The number of hydrogen-bond donors (Lipinski definition) is 1. The molecule has 92 valence electrons. The van der Waals surface area contributed by atoms with E-state index in [9.17, 15) is 14.9 Å². The molecule has 0 radical (unpaired) electrons. The summed E-state index contributed by atoms with van der Waals surface area (Å²) in [5.74, 6) is 0.178. The van der Waals surface area contributed by atoms with Crippen molar-refractivity contribution in [2.24, 2.45) is 0 Å². The molecule has 1 amide bonds. The van der Waals surface area contributed by atoms with Crippen molar-refractivity contribution >= 4 is 5.91 Å². The second kappa shape index (κ2) is 6.47. The van der Waals surface area contributed by atoms with Gasteiger partial charge in [-0.2, -0.15) is 0 Å². The zero-order valence-electron chi connectivity index (χ0n) is 9.51. The summed E-state index contributed by atoms with van der Waals surface area (Å²) in [4.78, 5) is 20.4. The third kappa shape index (κ3) is 4.96. The molecule has 0 aliphatic rings. The van der Waals surface area contributed by atoms with E-state index in [-0.39, 0.29) is 0 Å². The first kappa shape index (κ1) is 13.0. The second-order valence-electron chi connectivity index (χ2n) is 3.44. The van der Waals surface area contributed by atoms with E-state index in [2.05, 4.69) is 5.32 Å². The van der Waals surface area contributed by atoms with Crippen molar-refractivity contribution in [1.29, 1.82) is 0 Å². The fourth-order valence-electron chi connectivity index (χ4n) is 1.35. The van der Waals surface area contributed by atoms with Crippen LogP contribution in [0, 0.1) is 10.1 Å².